The number of unbranched alkanes of at least 4 members (excludes halogenated alkanes) is 1. The number of hydrogen-bond donors (Lipinski definition) is 2. The van der Waals surface area contributed by atoms with Crippen LogP contribution in [0.25, 0.3) is 0 Å². The Kier molecular flexibility index (Phi) is 7.28. The molecule has 0 spiro atoms. The van der Waals surface area contributed by atoms with Gasteiger partial charge in [-0.1, -0.05) is 44.0 Å². The minimum absolute atomic E-state index is 0.0103. The number of aliphatic carboxylic acids is 1. The molecule has 0 saturated carbocycles. The number of rotatable bonds is 8. The molecule has 0 aromatic heterocycles. The second kappa shape index (κ2) is 9.94. The third kappa shape index (κ3) is 4.82. The SMILES string of the molecule is CCCC[C@@H](C(=O)O)N(C(=O)[C@@H]1Cc2ccccc2CN1)S(=O)(=O)c1ccc(C#N)cc1. The summed E-state index contributed by atoms with van der Waals surface area (Å²) in [6.45, 7) is 2.24. The van der Waals surface area contributed by atoms with E-state index in [2.05, 4.69) is 5.32 Å². The van der Waals surface area contributed by atoms with Crippen LogP contribution in [0, 0.1) is 11.3 Å². The van der Waals surface area contributed by atoms with Gasteiger partial charge in [-0.05, 0) is 48.2 Å². The molecule has 1 aliphatic heterocycles. The van der Waals surface area contributed by atoms with E-state index in [9.17, 15) is 23.1 Å². The van der Waals surface area contributed by atoms with Crippen LogP contribution in [-0.2, 0) is 32.6 Å². The van der Waals surface area contributed by atoms with Crippen LogP contribution >= 0.6 is 0 Å². The van der Waals surface area contributed by atoms with Crippen molar-refractivity contribution in [2.45, 2.75) is 56.1 Å². The summed E-state index contributed by atoms with van der Waals surface area (Å²) in [4.78, 5) is 25.4. The van der Waals surface area contributed by atoms with Crippen molar-refractivity contribution >= 4 is 21.9 Å². The van der Waals surface area contributed by atoms with Gasteiger partial charge in [-0.3, -0.25) is 4.79 Å². The van der Waals surface area contributed by atoms with E-state index >= 15 is 0 Å². The Bertz CT molecular complexity index is 1140. The second-order valence-electron chi connectivity index (χ2n) is 7.68. The zero-order valence-corrected chi connectivity index (χ0v) is 18.5. The van der Waals surface area contributed by atoms with E-state index < -0.39 is 34.0 Å². The van der Waals surface area contributed by atoms with Crippen molar-refractivity contribution in [1.29, 1.82) is 5.26 Å². The van der Waals surface area contributed by atoms with Gasteiger partial charge in [-0.25, -0.2) is 17.5 Å². The summed E-state index contributed by atoms with van der Waals surface area (Å²) in [7, 11) is -4.47. The third-order valence-corrected chi connectivity index (χ3v) is 7.36. The predicted octanol–water partition coefficient (Wildman–Crippen LogP) is 2.43. The average Bonchev–Trinajstić information content (AvgIpc) is 2.80. The topological polar surface area (TPSA) is 128 Å². The van der Waals surface area contributed by atoms with Crippen LogP contribution < -0.4 is 5.32 Å². The largest absolute Gasteiger partial charge is 0.480 e. The summed E-state index contributed by atoms with van der Waals surface area (Å²) in [5.74, 6) is -2.17. The molecule has 0 unspecified atom stereocenters. The van der Waals surface area contributed by atoms with Crippen LogP contribution in [0.15, 0.2) is 53.4 Å². The molecule has 2 N–H and O–H groups in total. The molecular formula is C23H25N3O5S. The fourth-order valence-corrected chi connectivity index (χ4v) is 5.38. The van der Waals surface area contributed by atoms with Crippen LogP contribution in [0.5, 0.6) is 0 Å². The number of carbonyl (C=O) groups excluding carboxylic acids is 1. The Morgan fingerprint density at radius 3 is 2.44 bits per heavy atom. The van der Waals surface area contributed by atoms with E-state index in [4.69, 9.17) is 5.26 Å². The Labute approximate surface area is 187 Å². The van der Waals surface area contributed by atoms with Crippen molar-refractivity contribution in [3.8, 4) is 6.07 Å². The van der Waals surface area contributed by atoms with Gasteiger partial charge in [0.15, 0.2) is 0 Å². The number of carboxylic acids is 1. The molecule has 2 aromatic carbocycles. The number of sulfonamides is 1. The molecular weight excluding hydrogens is 430 g/mol. The van der Waals surface area contributed by atoms with Crippen molar-refractivity contribution in [2.24, 2.45) is 0 Å². The molecule has 1 amide bonds. The fourth-order valence-electron chi connectivity index (χ4n) is 3.78. The number of nitrogens with zero attached hydrogens (tertiary/aromatic N) is 2. The highest BCUT2D eigenvalue weighted by Gasteiger charge is 2.42. The lowest BCUT2D eigenvalue weighted by Crippen LogP contribution is -2.56. The van der Waals surface area contributed by atoms with Crippen LogP contribution in [0.3, 0.4) is 0 Å². The van der Waals surface area contributed by atoms with E-state index in [1.165, 1.54) is 24.3 Å². The molecule has 0 radical (unpaired) electrons. The van der Waals surface area contributed by atoms with Gasteiger partial charge in [-0.2, -0.15) is 5.26 Å². The van der Waals surface area contributed by atoms with E-state index in [1.54, 1.807) is 0 Å². The number of carbonyl (C=O) groups is 2. The van der Waals surface area contributed by atoms with Crippen molar-refractivity contribution in [2.75, 3.05) is 0 Å². The zero-order chi connectivity index (χ0) is 23.3. The van der Waals surface area contributed by atoms with Gasteiger partial charge in [0, 0.05) is 6.54 Å². The van der Waals surface area contributed by atoms with E-state index in [1.807, 2.05) is 37.3 Å². The smallest absolute Gasteiger partial charge is 0.327 e. The fraction of sp³-hybridized carbons (Fsp3) is 0.348. The lowest BCUT2D eigenvalue weighted by atomic mass is 9.95. The van der Waals surface area contributed by atoms with Gasteiger partial charge in [0.1, 0.15) is 6.04 Å². The van der Waals surface area contributed by atoms with Crippen molar-refractivity contribution in [3.05, 3.63) is 65.2 Å². The number of hydrogen-bond acceptors (Lipinski definition) is 6. The maximum atomic E-state index is 13.5. The summed E-state index contributed by atoms with van der Waals surface area (Å²) in [6.07, 6.45) is 1.37. The maximum Gasteiger partial charge on any atom is 0.327 e. The molecule has 2 atom stereocenters. The quantitative estimate of drug-likeness (QED) is 0.626. The molecule has 9 heteroatoms. The molecule has 0 bridgehead atoms. The Morgan fingerprint density at radius 1 is 1.19 bits per heavy atom. The van der Waals surface area contributed by atoms with Crippen molar-refractivity contribution in [3.63, 3.8) is 0 Å². The van der Waals surface area contributed by atoms with Gasteiger partial charge >= 0.3 is 5.97 Å². The molecule has 0 fully saturated rings. The summed E-state index contributed by atoms with van der Waals surface area (Å²) in [5.41, 5.74) is 2.19. The first-order valence-electron chi connectivity index (χ1n) is 10.4. The number of amides is 1. The standard InChI is InChI=1S/C23H25N3O5S/c1-2-3-8-21(23(28)29)26(32(30,31)19-11-9-16(14-24)10-12-19)22(27)20-13-17-6-4-5-7-18(17)15-25-20/h4-7,9-12,20-21,25H,2-3,8,13,15H2,1H3,(H,28,29)/t20-,21-/m0/s1. The predicted molar refractivity (Wildman–Crippen MR) is 117 cm³/mol. The van der Waals surface area contributed by atoms with Gasteiger partial charge in [0.2, 0.25) is 0 Å². The summed E-state index contributed by atoms with van der Waals surface area (Å²) >= 11 is 0. The maximum absolute atomic E-state index is 13.5. The molecule has 0 saturated heterocycles. The summed E-state index contributed by atoms with van der Waals surface area (Å²) in [5, 5.41) is 21.9. The van der Waals surface area contributed by atoms with E-state index in [0.29, 0.717) is 23.7 Å². The lowest BCUT2D eigenvalue weighted by Gasteiger charge is -2.33. The Balaban J connectivity index is 2.02. The van der Waals surface area contributed by atoms with Gasteiger partial charge < -0.3 is 10.4 Å². The van der Waals surface area contributed by atoms with Crippen molar-refractivity contribution < 1.29 is 23.1 Å². The van der Waals surface area contributed by atoms with Crippen LogP contribution in [0.4, 0.5) is 0 Å². The van der Waals surface area contributed by atoms with Gasteiger partial charge in [0.05, 0.1) is 22.6 Å². The number of fused-ring (bicyclic) bond motifs is 1. The van der Waals surface area contributed by atoms with E-state index in [-0.39, 0.29) is 23.3 Å². The number of carboxylic acid groups (broad SMARTS) is 1. The highest BCUT2D eigenvalue weighted by Crippen LogP contribution is 2.25. The highest BCUT2D eigenvalue weighted by molar-refractivity contribution is 7.89. The molecule has 1 heterocycles. The monoisotopic (exact) mass is 455 g/mol. The summed E-state index contributed by atoms with van der Waals surface area (Å²) < 4.78 is 27.5. The second-order valence-corrected chi connectivity index (χ2v) is 9.49. The Morgan fingerprint density at radius 2 is 1.84 bits per heavy atom. The Hall–Kier alpha value is -3.22. The minimum atomic E-state index is -4.47. The normalized spacial score (nSPS) is 16.4. The van der Waals surface area contributed by atoms with Crippen LogP contribution in [-0.4, -0.2) is 41.8 Å². The molecule has 168 valence electrons. The van der Waals surface area contributed by atoms with Crippen LogP contribution in [0.2, 0.25) is 0 Å². The number of benzene rings is 2. The third-order valence-electron chi connectivity index (χ3n) is 5.54. The number of nitrogens with one attached hydrogen (secondary N) is 1. The molecule has 8 nitrogen and oxygen atoms in total. The highest BCUT2D eigenvalue weighted by atomic mass is 32.2. The lowest BCUT2D eigenvalue weighted by molar-refractivity contribution is -0.147. The molecule has 2 aromatic rings. The molecule has 32 heavy (non-hydrogen) atoms. The zero-order valence-electron chi connectivity index (χ0n) is 17.7. The molecule has 1 aliphatic rings. The van der Waals surface area contributed by atoms with Gasteiger partial charge in [0.25, 0.3) is 15.9 Å². The summed E-state index contributed by atoms with van der Waals surface area (Å²) in [6, 6.07) is 12.1. The molecule has 3 rings (SSSR count). The van der Waals surface area contributed by atoms with Gasteiger partial charge in [-0.15, -0.1) is 0 Å². The first-order valence-corrected chi connectivity index (χ1v) is 11.8. The number of nitriles is 1. The average molecular weight is 456 g/mol. The van der Waals surface area contributed by atoms with Crippen LogP contribution in [0.1, 0.15) is 42.9 Å². The van der Waals surface area contributed by atoms with E-state index in [0.717, 1.165) is 11.1 Å². The minimum Gasteiger partial charge on any atom is -0.480 e. The first-order chi connectivity index (χ1) is 15.3. The van der Waals surface area contributed by atoms with Crippen molar-refractivity contribution in [1.82, 2.24) is 9.62 Å². The first kappa shape index (κ1) is 23.4. The molecule has 0 aliphatic carbocycles.